The van der Waals surface area contributed by atoms with Gasteiger partial charge < -0.3 is 10.5 Å². The van der Waals surface area contributed by atoms with Crippen molar-refractivity contribution in [3.05, 3.63) is 23.4 Å². The second-order valence-corrected chi connectivity index (χ2v) is 2.44. The van der Waals surface area contributed by atoms with E-state index in [1.54, 1.807) is 7.11 Å². The Kier molecular flexibility index (Phi) is 2.44. The molecule has 0 saturated carbocycles. The van der Waals surface area contributed by atoms with Gasteiger partial charge in [-0.1, -0.05) is 6.07 Å². The molecular weight excluding hydrogens is 140 g/mol. The molecule has 1 rings (SSSR count). The number of hydrogen-bond donors (Lipinski definition) is 1. The first-order valence-electron chi connectivity index (χ1n) is 3.45. The molecule has 0 saturated heterocycles. The molecule has 0 aliphatic carbocycles. The molecule has 0 atom stereocenters. The number of anilines is 1. The predicted molar refractivity (Wildman–Crippen MR) is 44.1 cm³/mol. The van der Waals surface area contributed by atoms with Crippen LogP contribution >= 0.6 is 0 Å². The second kappa shape index (κ2) is 3.34. The molecule has 1 aromatic heterocycles. The van der Waals surface area contributed by atoms with Crippen LogP contribution in [0.25, 0.3) is 0 Å². The average molecular weight is 152 g/mol. The van der Waals surface area contributed by atoms with E-state index in [2.05, 4.69) is 4.98 Å². The van der Waals surface area contributed by atoms with Crippen LogP contribution < -0.4 is 5.73 Å². The second-order valence-electron chi connectivity index (χ2n) is 2.44. The van der Waals surface area contributed by atoms with E-state index in [-0.39, 0.29) is 0 Å². The first kappa shape index (κ1) is 8.01. The summed E-state index contributed by atoms with van der Waals surface area (Å²) in [7, 11) is 1.64. The molecule has 0 radical (unpaired) electrons. The van der Waals surface area contributed by atoms with Gasteiger partial charge in [0.25, 0.3) is 0 Å². The van der Waals surface area contributed by atoms with Crippen LogP contribution in [0.15, 0.2) is 12.1 Å². The van der Waals surface area contributed by atoms with Crippen molar-refractivity contribution in [1.82, 2.24) is 4.98 Å². The third-order valence-electron chi connectivity index (χ3n) is 1.49. The topological polar surface area (TPSA) is 48.1 Å². The zero-order valence-corrected chi connectivity index (χ0v) is 6.79. The molecule has 0 spiro atoms. The molecule has 11 heavy (non-hydrogen) atoms. The Morgan fingerprint density at radius 1 is 1.55 bits per heavy atom. The van der Waals surface area contributed by atoms with Crippen molar-refractivity contribution in [2.75, 3.05) is 12.8 Å². The van der Waals surface area contributed by atoms with E-state index >= 15 is 0 Å². The number of ether oxygens (including phenoxy) is 1. The fraction of sp³-hybridized carbons (Fsp3) is 0.375. The number of nitrogens with two attached hydrogens (primary N) is 1. The largest absolute Gasteiger partial charge is 0.383 e. The van der Waals surface area contributed by atoms with E-state index in [9.17, 15) is 0 Å². The van der Waals surface area contributed by atoms with E-state index in [0.29, 0.717) is 12.4 Å². The van der Waals surface area contributed by atoms with Crippen molar-refractivity contribution in [3.63, 3.8) is 0 Å². The lowest BCUT2D eigenvalue weighted by Gasteiger charge is -2.01. The lowest BCUT2D eigenvalue weighted by molar-refractivity contribution is 0.181. The summed E-state index contributed by atoms with van der Waals surface area (Å²) in [5, 5.41) is 0. The first-order chi connectivity index (χ1) is 5.24. The van der Waals surface area contributed by atoms with Gasteiger partial charge in [0.05, 0.1) is 12.3 Å². The first-order valence-corrected chi connectivity index (χ1v) is 3.45. The monoisotopic (exact) mass is 152 g/mol. The zero-order valence-electron chi connectivity index (χ0n) is 6.79. The molecule has 0 aliphatic heterocycles. The lowest BCUT2D eigenvalue weighted by atomic mass is 10.2. The molecule has 0 amide bonds. The number of nitrogen functional groups attached to an aromatic ring is 1. The smallest absolute Gasteiger partial charge is 0.126 e. The molecule has 1 heterocycles. The summed E-state index contributed by atoms with van der Waals surface area (Å²) in [6.07, 6.45) is 0. The maximum atomic E-state index is 5.58. The van der Waals surface area contributed by atoms with E-state index in [1.165, 1.54) is 0 Å². The van der Waals surface area contributed by atoms with Gasteiger partial charge in [-0.25, -0.2) is 4.98 Å². The number of hydrogen-bond acceptors (Lipinski definition) is 3. The zero-order chi connectivity index (χ0) is 8.27. The number of pyridine rings is 1. The fourth-order valence-corrected chi connectivity index (χ4v) is 0.815. The Bertz CT molecular complexity index is 248. The molecular formula is C8H12N2O. The number of aryl methyl sites for hydroxylation is 1. The van der Waals surface area contributed by atoms with Gasteiger partial charge in [-0.15, -0.1) is 0 Å². The fourth-order valence-electron chi connectivity index (χ4n) is 0.815. The van der Waals surface area contributed by atoms with Crippen molar-refractivity contribution >= 4 is 5.82 Å². The van der Waals surface area contributed by atoms with Gasteiger partial charge in [0.2, 0.25) is 0 Å². The van der Waals surface area contributed by atoms with Gasteiger partial charge >= 0.3 is 0 Å². The molecule has 3 nitrogen and oxygen atoms in total. The Hall–Kier alpha value is -1.09. The number of aromatic nitrogens is 1. The Morgan fingerprint density at radius 3 is 2.82 bits per heavy atom. The summed E-state index contributed by atoms with van der Waals surface area (Å²) in [5.74, 6) is 0.583. The van der Waals surface area contributed by atoms with Crippen molar-refractivity contribution in [2.24, 2.45) is 0 Å². The maximum Gasteiger partial charge on any atom is 0.126 e. The normalized spacial score (nSPS) is 10.0. The molecule has 0 unspecified atom stereocenters. The van der Waals surface area contributed by atoms with Crippen LogP contribution in [0.3, 0.4) is 0 Å². The Morgan fingerprint density at radius 2 is 2.27 bits per heavy atom. The average Bonchev–Trinajstić information content (AvgIpc) is 1.98. The van der Waals surface area contributed by atoms with Gasteiger partial charge in [0.15, 0.2) is 0 Å². The highest BCUT2D eigenvalue weighted by Crippen LogP contribution is 2.07. The SMILES string of the molecule is COCc1ccc(C)c(N)n1. The van der Waals surface area contributed by atoms with Crippen molar-refractivity contribution in [3.8, 4) is 0 Å². The minimum absolute atomic E-state index is 0.518. The summed E-state index contributed by atoms with van der Waals surface area (Å²) in [6.45, 7) is 2.45. The number of methoxy groups -OCH3 is 1. The minimum atomic E-state index is 0.518. The Labute approximate surface area is 66.2 Å². The van der Waals surface area contributed by atoms with Gasteiger partial charge in [-0.3, -0.25) is 0 Å². The minimum Gasteiger partial charge on any atom is -0.383 e. The van der Waals surface area contributed by atoms with Crippen LogP contribution in [0, 0.1) is 6.92 Å². The quantitative estimate of drug-likeness (QED) is 0.690. The highest BCUT2D eigenvalue weighted by atomic mass is 16.5. The number of rotatable bonds is 2. The summed E-state index contributed by atoms with van der Waals surface area (Å²) in [6, 6.07) is 3.85. The summed E-state index contributed by atoms with van der Waals surface area (Å²) in [4.78, 5) is 4.12. The van der Waals surface area contributed by atoms with E-state index < -0.39 is 0 Å². The third-order valence-corrected chi connectivity index (χ3v) is 1.49. The van der Waals surface area contributed by atoms with E-state index in [4.69, 9.17) is 10.5 Å². The highest BCUT2D eigenvalue weighted by Gasteiger charge is 1.96. The highest BCUT2D eigenvalue weighted by molar-refractivity contribution is 5.38. The van der Waals surface area contributed by atoms with Gasteiger partial charge in [0, 0.05) is 7.11 Å². The summed E-state index contributed by atoms with van der Waals surface area (Å²) in [5.41, 5.74) is 7.46. The summed E-state index contributed by atoms with van der Waals surface area (Å²) < 4.78 is 4.90. The van der Waals surface area contributed by atoms with Crippen LogP contribution in [-0.4, -0.2) is 12.1 Å². The van der Waals surface area contributed by atoms with Crippen molar-refractivity contribution < 1.29 is 4.74 Å². The predicted octanol–water partition coefficient (Wildman–Crippen LogP) is 1.12. The van der Waals surface area contributed by atoms with Crippen molar-refractivity contribution in [2.45, 2.75) is 13.5 Å². The molecule has 0 fully saturated rings. The maximum absolute atomic E-state index is 5.58. The van der Waals surface area contributed by atoms with Gasteiger partial charge in [0.1, 0.15) is 5.82 Å². The van der Waals surface area contributed by atoms with Gasteiger partial charge in [-0.05, 0) is 18.6 Å². The molecule has 0 aromatic carbocycles. The van der Waals surface area contributed by atoms with Crippen LogP contribution in [0.5, 0.6) is 0 Å². The number of nitrogens with zero attached hydrogens (tertiary/aromatic N) is 1. The molecule has 60 valence electrons. The molecule has 3 heteroatoms. The van der Waals surface area contributed by atoms with Crippen LogP contribution in [0.4, 0.5) is 5.82 Å². The molecule has 0 bridgehead atoms. The molecule has 1 aromatic rings. The van der Waals surface area contributed by atoms with Crippen LogP contribution in [-0.2, 0) is 11.3 Å². The lowest BCUT2D eigenvalue weighted by Crippen LogP contribution is -1.98. The molecule has 2 N–H and O–H groups in total. The van der Waals surface area contributed by atoms with E-state index in [0.717, 1.165) is 11.3 Å². The standard InChI is InChI=1S/C8H12N2O/c1-6-3-4-7(5-11-2)10-8(6)9/h3-4H,5H2,1-2H3,(H2,9,10). The van der Waals surface area contributed by atoms with Gasteiger partial charge in [-0.2, -0.15) is 0 Å². The van der Waals surface area contributed by atoms with E-state index in [1.807, 2.05) is 19.1 Å². The molecule has 0 aliphatic rings. The third kappa shape index (κ3) is 1.91. The van der Waals surface area contributed by atoms with Crippen molar-refractivity contribution in [1.29, 1.82) is 0 Å². The summed E-state index contributed by atoms with van der Waals surface area (Å²) >= 11 is 0. The van der Waals surface area contributed by atoms with Crippen LogP contribution in [0.1, 0.15) is 11.3 Å². The van der Waals surface area contributed by atoms with Crippen LogP contribution in [0.2, 0.25) is 0 Å². The Balaban J connectivity index is 2.86.